The molecule has 0 aromatic heterocycles. The molecule has 0 atom stereocenters. The van der Waals surface area contributed by atoms with E-state index in [4.69, 9.17) is 19.7 Å². The summed E-state index contributed by atoms with van der Waals surface area (Å²) in [5, 5.41) is 17.3. The lowest BCUT2D eigenvalue weighted by Crippen LogP contribution is -2.21. The minimum atomic E-state index is -0.943. The van der Waals surface area contributed by atoms with Gasteiger partial charge < -0.3 is 24.5 Å². The standard InChI is InChI=1S/C23H40O8/c1-19(24)10-8-6-4-2-3-5-7-9-11-21(25)16-20(17-30-14-12-22(26)27)18-31-15-13-23(28)29/h20H,2-18H2,1H3,(H,26,27)(H,28,29). The molecule has 0 bridgehead atoms. The molecule has 0 aromatic rings. The summed E-state index contributed by atoms with van der Waals surface area (Å²) in [5.74, 6) is -1.71. The summed E-state index contributed by atoms with van der Waals surface area (Å²) in [6, 6.07) is 0. The second kappa shape index (κ2) is 20.1. The Hall–Kier alpha value is -1.80. The summed E-state index contributed by atoms with van der Waals surface area (Å²) in [6.45, 7) is 2.21. The summed E-state index contributed by atoms with van der Waals surface area (Å²) in [5.41, 5.74) is 0. The number of ether oxygens (including phenoxy) is 2. The zero-order valence-corrected chi connectivity index (χ0v) is 18.9. The average molecular weight is 445 g/mol. The van der Waals surface area contributed by atoms with E-state index in [0.29, 0.717) is 12.8 Å². The Morgan fingerprint density at radius 1 is 0.645 bits per heavy atom. The summed E-state index contributed by atoms with van der Waals surface area (Å²) in [4.78, 5) is 44.2. The van der Waals surface area contributed by atoms with Gasteiger partial charge in [0.2, 0.25) is 0 Å². The Balaban J connectivity index is 3.92. The van der Waals surface area contributed by atoms with Crippen molar-refractivity contribution in [3.63, 3.8) is 0 Å². The highest BCUT2D eigenvalue weighted by molar-refractivity contribution is 5.78. The Bertz CT molecular complexity index is 496. The summed E-state index contributed by atoms with van der Waals surface area (Å²) >= 11 is 0. The Morgan fingerprint density at radius 3 is 1.48 bits per heavy atom. The molecule has 0 saturated carbocycles. The van der Waals surface area contributed by atoms with Crippen LogP contribution in [-0.2, 0) is 28.7 Å². The zero-order valence-electron chi connectivity index (χ0n) is 18.9. The average Bonchev–Trinajstić information content (AvgIpc) is 2.69. The fraction of sp³-hybridized carbons (Fsp3) is 0.826. The van der Waals surface area contributed by atoms with Gasteiger partial charge in [0.15, 0.2) is 0 Å². The van der Waals surface area contributed by atoms with Crippen molar-refractivity contribution in [1.82, 2.24) is 0 Å². The molecule has 0 spiro atoms. The van der Waals surface area contributed by atoms with Gasteiger partial charge >= 0.3 is 11.9 Å². The van der Waals surface area contributed by atoms with Gasteiger partial charge in [0.05, 0.1) is 39.3 Å². The van der Waals surface area contributed by atoms with Crippen LogP contribution in [0.15, 0.2) is 0 Å². The van der Waals surface area contributed by atoms with Crippen molar-refractivity contribution in [2.45, 2.75) is 90.4 Å². The van der Waals surface area contributed by atoms with Gasteiger partial charge in [0, 0.05) is 25.2 Å². The zero-order chi connectivity index (χ0) is 23.3. The van der Waals surface area contributed by atoms with Gasteiger partial charge in [-0.25, -0.2) is 0 Å². The fourth-order valence-corrected chi connectivity index (χ4v) is 3.17. The van der Waals surface area contributed by atoms with E-state index in [1.165, 1.54) is 0 Å². The molecule has 0 radical (unpaired) electrons. The van der Waals surface area contributed by atoms with Crippen molar-refractivity contribution in [2.75, 3.05) is 26.4 Å². The Morgan fingerprint density at radius 2 is 1.06 bits per heavy atom. The molecule has 0 aliphatic rings. The first-order chi connectivity index (χ1) is 14.8. The molecule has 31 heavy (non-hydrogen) atoms. The van der Waals surface area contributed by atoms with Crippen LogP contribution >= 0.6 is 0 Å². The van der Waals surface area contributed by atoms with Gasteiger partial charge in [0.1, 0.15) is 11.6 Å². The predicted octanol–water partition coefficient (Wildman–Crippen LogP) is 4.03. The van der Waals surface area contributed by atoms with E-state index in [1.54, 1.807) is 6.92 Å². The molecule has 2 N–H and O–H groups in total. The number of unbranched alkanes of at least 4 members (excludes halogenated alkanes) is 7. The lowest BCUT2D eigenvalue weighted by molar-refractivity contribution is -0.139. The first-order valence-electron chi connectivity index (χ1n) is 11.4. The predicted molar refractivity (Wildman–Crippen MR) is 116 cm³/mol. The van der Waals surface area contributed by atoms with E-state index < -0.39 is 11.9 Å². The monoisotopic (exact) mass is 444 g/mol. The molecule has 180 valence electrons. The van der Waals surface area contributed by atoms with E-state index in [1.807, 2.05) is 0 Å². The number of aliphatic carboxylic acids is 2. The van der Waals surface area contributed by atoms with Crippen LogP contribution in [0.4, 0.5) is 0 Å². The lowest BCUT2D eigenvalue weighted by atomic mass is 9.99. The lowest BCUT2D eigenvalue weighted by Gasteiger charge is -2.16. The Kier molecular flexibility index (Phi) is 19.0. The van der Waals surface area contributed by atoms with Gasteiger partial charge in [0.25, 0.3) is 0 Å². The molecule has 0 saturated heterocycles. The second-order valence-corrected chi connectivity index (χ2v) is 8.08. The van der Waals surface area contributed by atoms with E-state index >= 15 is 0 Å². The molecule has 8 heteroatoms. The smallest absolute Gasteiger partial charge is 0.305 e. The highest BCUT2D eigenvalue weighted by Gasteiger charge is 2.15. The topological polar surface area (TPSA) is 127 Å². The van der Waals surface area contributed by atoms with E-state index in [0.717, 1.165) is 51.4 Å². The molecule has 0 unspecified atom stereocenters. The highest BCUT2D eigenvalue weighted by atomic mass is 16.5. The third-order valence-corrected chi connectivity index (χ3v) is 4.88. The van der Waals surface area contributed by atoms with Gasteiger partial charge in [-0.1, -0.05) is 38.5 Å². The highest BCUT2D eigenvalue weighted by Crippen LogP contribution is 2.14. The number of rotatable bonds is 23. The second-order valence-electron chi connectivity index (χ2n) is 8.08. The Labute approximate surface area is 185 Å². The maximum atomic E-state index is 12.3. The number of carboxylic acid groups (broad SMARTS) is 2. The summed E-state index contributed by atoms with van der Waals surface area (Å²) < 4.78 is 10.7. The molecule has 0 heterocycles. The molecule has 0 aliphatic heterocycles. The van der Waals surface area contributed by atoms with Crippen molar-refractivity contribution >= 4 is 23.5 Å². The maximum Gasteiger partial charge on any atom is 0.305 e. The van der Waals surface area contributed by atoms with Gasteiger partial charge in [-0.15, -0.1) is 0 Å². The van der Waals surface area contributed by atoms with Gasteiger partial charge in [-0.3, -0.25) is 14.4 Å². The third-order valence-electron chi connectivity index (χ3n) is 4.88. The third kappa shape index (κ3) is 22.7. The minimum Gasteiger partial charge on any atom is -0.481 e. The number of carbonyl (C=O) groups is 4. The normalized spacial score (nSPS) is 11.0. The van der Waals surface area contributed by atoms with Crippen LogP contribution in [0.3, 0.4) is 0 Å². The largest absolute Gasteiger partial charge is 0.481 e. The van der Waals surface area contributed by atoms with Crippen molar-refractivity contribution in [1.29, 1.82) is 0 Å². The number of carboxylic acids is 2. The summed E-state index contributed by atoms with van der Waals surface area (Å²) in [7, 11) is 0. The quantitative estimate of drug-likeness (QED) is 0.226. The number of Topliss-reactive ketones (excluding diaryl/α,β-unsaturated/α-hetero) is 2. The number of carbonyl (C=O) groups excluding carboxylic acids is 2. The molecule has 0 aliphatic carbocycles. The van der Waals surface area contributed by atoms with E-state index in [2.05, 4.69) is 0 Å². The molecular weight excluding hydrogens is 404 g/mol. The van der Waals surface area contributed by atoms with E-state index in [-0.39, 0.29) is 63.2 Å². The first-order valence-corrected chi connectivity index (χ1v) is 11.4. The van der Waals surface area contributed by atoms with Crippen molar-refractivity contribution < 1.29 is 38.9 Å². The van der Waals surface area contributed by atoms with Gasteiger partial charge in [-0.05, 0) is 19.8 Å². The molecule has 0 rings (SSSR count). The number of ketones is 2. The van der Waals surface area contributed by atoms with Crippen LogP contribution in [0, 0.1) is 5.92 Å². The van der Waals surface area contributed by atoms with Crippen LogP contribution in [0.2, 0.25) is 0 Å². The molecular formula is C23H40O8. The summed E-state index contributed by atoms with van der Waals surface area (Å²) in [6.07, 6.45) is 9.75. The first kappa shape index (κ1) is 29.2. The SMILES string of the molecule is CC(=O)CCCCCCCCCCC(=O)CC(COCCC(=O)O)COCCC(=O)O. The molecule has 0 amide bonds. The number of hydrogen-bond acceptors (Lipinski definition) is 6. The maximum absolute atomic E-state index is 12.3. The number of hydrogen-bond donors (Lipinski definition) is 2. The minimum absolute atomic E-state index is 0.0733. The van der Waals surface area contributed by atoms with Crippen molar-refractivity contribution in [3.8, 4) is 0 Å². The van der Waals surface area contributed by atoms with Crippen LogP contribution in [0.25, 0.3) is 0 Å². The van der Waals surface area contributed by atoms with Crippen molar-refractivity contribution in [3.05, 3.63) is 0 Å². The molecule has 0 aromatic carbocycles. The van der Waals surface area contributed by atoms with E-state index in [9.17, 15) is 19.2 Å². The van der Waals surface area contributed by atoms with Crippen LogP contribution in [0.1, 0.15) is 90.4 Å². The molecule has 0 fully saturated rings. The fourth-order valence-electron chi connectivity index (χ4n) is 3.17. The molecule has 8 nitrogen and oxygen atoms in total. The van der Waals surface area contributed by atoms with Crippen molar-refractivity contribution in [2.24, 2.45) is 5.92 Å². The van der Waals surface area contributed by atoms with Crippen LogP contribution in [-0.4, -0.2) is 60.1 Å². The van der Waals surface area contributed by atoms with Gasteiger partial charge in [-0.2, -0.15) is 0 Å². The van der Waals surface area contributed by atoms with Crippen LogP contribution in [0.5, 0.6) is 0 Å². The van der Waals surface area contributed by atoms with Crippen LogP contribution < -0.4 is 0 Å².